The number of thiophene rings is 1. The van der Waals surface area contributed by atoms with Gasteiger partial charge in [-0.05, 0) is 45.1 Å². The van der Waals surface area contributed by atoms with Gasteiger partial charge in [-0.2, -0.15) is 5.10 Å². The van der Waals surface area contributed by atoms with Crippen LogP contribution in [0.2, 0.25) is 0 Å². The largest absolute Gasteiger partial charge is 0.376 e. The van der Waals surface area contributed by atoms with E-state index in [1.165, 1.54) is 4.88 Å². The molecule has 130 valence electrons. The van der Waals surface area contributed by atoms with Gasteiger partial charge in [0, 0.05) is 24.2 Å². The number of aromatic nitrogens is 2. The molecular formula is C18H25N3O2S. The molecule has 6 heteroatoms. The Kier molecular flexibility index (Phi) is 5.06. The van der Waals surface area contributed by atoms with Gasteiger partial charge >= 0.3 is 0 Å². The first-order chi connectivity index (χ1) is 11.4. The van der Waals surface area contributed by atoms with Crippen molar-refractivity contribution in [2.45, 2.75) is 51.8 Å². The fraction of sp³-hybridized carbons (Fsp3) is 0.556. The van der Waals surface area contributed by atoms with Gasteiger partial charge in [0.15, 0.2) is 0 Å². The molecule has 0 radical (unpaired) electrons. The zero-order chi connectivity index (χ0) is 17.2. The highest BCUT2D eigenvalue weighted by Gasteiger charge is 2.25. The third kappa shape index (κ3) is 4.05. The summed E-state index contributed by atoms with van der Waals surface area (Å²) in [6, 6.07) is 4.09. The fourth-order valence-corrected chi connectivity index (χ4v) is 3.55. The highest BCUT2D eigenvalue weighted by atomic mass is 32.1. The molecule has 3 rings (SSSR count). The molecule has 0 N–H and O–H groups in total. The van der Waals surface area contributed by atoms with E-state index in [-0.39, 0.29) is 17.6 Å². The molecule has 1 atom stereocenters. The van der Waals surface area contributed by atoms with Crippen molar-refractivity contribution in [3.8, 4) is 0 Å². The summed E-state index contributed by atoms with van der Waals surface area (Å²) in [5, 5.41) is 6.40. The maximum atomic E-state index is 13.0. The molecule has 2 aromatic heterocycles. The van der Waals surface area contributed by atoms with E-state index in [9.17, 15) is 4.79 Å². The number of carbonyl (C=O) groups excluding carboxylic acids is 1. The molecule has 0 saturated carbocycles. The third-order valence-corrected chi connectivity index (χ3v) is 5.04. The Morgan fingerprint density at radius 1 is 1.50 bits per heavy atom. The van der Waals surface area contributed by atoms with Crippen LogP contribution in [0.3, 0.4) is 0 Å². The minimum absolute atomic E-state index is 0.0226. The van der Waals surface area contributed by atoms with Crippen LogP contribution in [0.1, 0.15) is 48.8 Å². The highest BCUT2D eigenvalue weighted by Crippen LogP contribution is 2.20. The molecule has 0 unspecified atom stereocenters. The molecule has 1 amide bonds. The van der Waals surface area contributed by atoms with Crippen LogP contribution in [0.15, 0.2) is 29.9 Å². The molecular weight excluding hydrogens is 322 g/mol. The summed E-state index contributed by atoms with van der Waals surface area (Å²) in [4.78, 5) is 16.1. The second-order valence-electron chi connectivity index (χ2n) is 7.24. The lowest BCUT2D eigenvalue weighted by molar-refractivity contribution is 0.0509. The van der Waals surface area contributed by atoms with E-state index in [0.717, 1.165) is 19.4 Å². The first kappa shape index (κ1) is 17.2. The van der Waals surface area contributed by atoms with Crippen LogP contribution < -0.4 is 0 Å². The summed E-state index contributed by atoms with van der Waals surface area (Å²) in [7, 11) is 0. The molecule has 0 aromatic carbocycles. The molecule has 0 bridgehead atoms. The van der Waals surface area contributed by atoms with Crippen molar-refractivity contribution >= 4 is 17.2 Å². The van der Waals surface area contributed by atoms with Gasteiger partial charge in [0.25, 0.3) is 5.91 Å². The van der Waals surface area contributed by atoms with Crippen molar-refractivity contribution in [1.82, 2.24) is 14.7 Å². The van der Waals surface area contributed by atoms with Crippen LogP contribution in [0.5, 0.6) is 0 Å². The first-order valence-electron chi connectivity index (χ1n) is 8.42. The van der Waals surface area contributed by atoms with Gasteiger partial charge in [-0.3, -0.25) is 9.48 Å². The molecule has 1 fully saturated rings. The van der Waals surface area contributed by atoms with E-state index in [1.807, 2.05) is 27.2 Å². The Hall–Kier alpha value is -1.66. The van der Waals surface area contributed by atoms with Gasteiger partial charge in [0.05, 0.1) is 29.9 Å². The lowest BCUT2D eigenvalue weighted by Gasteiger charge is -2.24. The number of amides is 1. The van der Waals surface area contributed by atoms with E-state index in [2.05, 4.69) is 31.9 Å². The lowest BCUT2D eigenvalue weighted by atomic mass is 10.1. The van der Waals surface area contributed by atoms with Crippen molar-refractivity contribution in [2.75, 3.05) is 13.2 Å². The predicted molar refractivity (Wildman–Crippen MR) is 95.3 cm³/mol. The van der Waals surface area contributed by atoms with Gasteiger partial charge in [0.1, 0.15) is 0 Å². The Morgan fingerprint density at radius 2 is 2.33 bits per heavy atom. The zero-order valence-electron chi connectivity index (χ0n) is 14.6. The topological polar surface area (TPSA) is 47.4 Å². The molecule has 2 aromatic rings. The van der Waals surface area contributed by atoms with Crippen LogP contribution in [-0.2, 0) is 16.8 Å². The Morgan fingerprint density at radius 3 is 2.92 bits per heavy atom. The molecule has 5 nitrogen and oxygen atoms in total. The average molecular weight is 347 g/mol. The zero-order valence-corrected chi connectivity index (χ0v) is 15.4. The van der Waals surface area contributed by atoms with E-state index in [4.69, 9.17) is 4.74 Å². The highest BCUT2D eigenvalue weighted by molar-refractivity contribution is 7.09. The van der Waals surface area contributed by atoms with Crippen molar-refractivity contribution in [3.63, 3.8) is 0 Å². The van der Waals surface area contributed by atoms with E-state index in [0.29, 0.717) is 18.7 Å². The molecule has 24 heavy (non-hydrogen) atoms. The van der Waals surface area contributed by atoms with Crippen LogP contribution in [0.25, 0.3) is 0 Å². The summed E-state index contributed by atoms with van der Waals surface area (Å²) in [5.41, 5.74) is 0.505. The summed E-state index contributed by atoms with van der Waals surface area (Å²) in [5.74, 6) is 0.0226. The van der Waals surface area contributed by atoms with Crippen LogP contribution in [-0.4, -0.2) is 39.8 Å². The average Bonchev–Trinajstić information content (AvgIpc) is 3.27. The quantitative estimate of drug-likeness (QED) is 0.831. The van der Waals surface area contributed by atoms with Crippen LogP contribution in [0, 0.1) is 0 Å². The summed E-state index contributed by atoms with van der Waals surface area (Å²) < 4.78 is 7.58. The maximum absolute atomic E-state index is 13.0. The Bertz CT molecular complexity index is 667. The van der Waals surface area contributed by atoms with E-state index >= 15 is 0 Å². The number of hydrogen-bond donors (Lipinski definition) is 0. The van der Waals surface area contributed by atoms with Crippen molar-refractivity contribution in [1.29, 1.82) is 0 Å². The third-order valence-electron chi connectivity index (χ3n) is 4.18. The minimum atomic E-state index is -0.133. The van der Waals surface area contributed by atoms with Gasteiger partial charge in [-0.15, -0.1) is 11.3 Å². The van der Waals surface area contributed by atoms with Crippen molar-refractivity contribution in [3.05, 3.63) is 40.3 Å². The van der Waals surface area contributed by atoms with E-state index < -0.39 is 0 Å². The molecule has 1 saturated heterocycles. The summed E-state index contributed by atoms with van der Waals surface area (Å²) >= 11 is 1.68. The number of rotatable bonds is 5. The number of ether oxygens (including phenoxy) is 1. The van der Waals surface area contributed by atoms with Gasteiger partial charge in [-0.1, -0.05) is 6.07 Å². The number of nitrogens with zero attached hydrogens (tertiary/aromatic N) is 3. The lowest BCUT2D eigenvalue weighted by Crippen LogP contribution is -2.36. The van der Waals surface area contributed by atoms with Gasteiger partial charge in [0.2, 0.25) is 0 Å². The second-order valence-corrected chi connectivity index (χ2v) is 8.28. The molecule has 3 heterocycles. The van der Waals surface area contributed by atoms with Crippen molar-refractivity contribution < 1.29 is 9.53 Å². The maximum Gasteiger partial charge on any atom is 0.257 e. The number of hydrogen-bond acceptors (Lipinski definition) is 4. The Labute approximate surface area is 147 Å². The number of carbonyl (C=O) groups is 1. The molecule has 0 aliphatic carbocycles. The molecule has 1 aliphatic heterocycles. The first-order valence-corrected chi connectivity index (χ1v) is 9.30. The minimum Gasteiger partial charge on any atom is -0.376 e. The fourth-order valence-electron chi connectivity index (χ4n) is 2.83. The second kappa shape index (κ2) is 7.07. The summed E-state index contributed by atoms with van der Waals surface area (Å²) in [6.07, 6.45) is 5.76. The van der Waals surface area contributed by atoms with Gasteiger partial charge in [-0.25, -0.2) is 0 Å². The predicted octanol–water partition coefficient (Wildman–Crippen LogP) is 3.52. The van der Waals surface area contributed by atoms with Crippen LogP contribution >= 0.6 is 11.3 Å². The molecule has 1 aliphatic rings. The Balaban J connectivity index is 1.77. The monoisotopic (exact) mass is 347 g/mol. The molecule has 0 spiro atoms. The normalized spacial score (nSPS) is 18.0. The summed E-state index contributed by atoms with van der Waals surface area (Å²) in [6.45, 7) is 8.28. The smallest absolute Gasteiger partial charge is 0.257 e. The standard InChI is InChI=1S/C18H25N3O2S/c1-18(2,3)21-11-14(10-19-21)17(22)20(12-15-6-4-8-23-15)13-16-7-5-9-24-16/h5,7,9-11,15H,4,6,8,12-13H2,1-3H3/t15-/m1/s1. The SMILES string of the molecule is CC(C)(C)n1cc(C(=O)N(Cc2cccs2)C[C@H]2CCCO2)cn1. The van der Waals surface area contributed by atoms with Crippen LogP contribution in [0.4, 0.5) is 0 Å². The van der Waals surface area contributed by atoms with Gasteiger partial charge < -0.3 is 9.64 Å². The van der Waals surface area contributed by atoms with E-state index in [1.54, 1.807) is 17.5 Å². The van der Waals surface area contributed by atoms with Crippen molar-refractivity contribution in [2.24, 2.45) is 0 Å².